The summed E-state index contributed by atoms with van der Waals surface area (Å²) in [5, 5.41) is 12.7. The van der Waals surface area contributed by atoms with Crippen LogP contribution in [0.25, 0.3) is 11.0 Å². The maximum atomic E-state index is 9.57. The maximum absolute atomic E-state index is 9.57. The SMILES string of the molecule is Cc1cc(O)cc(Nc2cnc3ccccc3n2)c1. The molecule has 0 aliphatic heterocycles. The van der Waals surface area contributed by atoms with Gasteiger partial charge in [-0.2, -0.15) is 0 Å². The van der Waals surface area contributed by atoms with Crippen LogP contribution < -0.4 is 5.32 Å². The molecule has 0 atom stereocenters. The number of hydrogen-bond donors (Lipinski definition) is 2. The number of aryl methyl sites for hydroxylation is 1. The lowest BCUT2D eigenvalue weighted by atomic mass is 10.2. The predicted octanol–water partition coefficient (Wildman–Crippen LogP) is 3.39. The second-order valence-corrected chi connectivity index (χ2v) is 4.43. The highest BCUT2D eigenvalue weighted by Gasteiger charge is 2.01. The Morgan fingerprint density at radius 1 is 1.05 bits per heavy atom. The van der Waals surface area contributed by atoms with E-state index in [0.29, 0.717) is 5.82 Å². The average Bonchev–Trinajstić information content (AvgIpc) is 2.37. The van der Waals surface area contributed by atoms with E-state index in [4.69, 9.17) is 0 Å². The van der Waals surface area contributed by atoms with E-state index >= 15 is 0 Å². The van der Waals surface area contributed by atoms with Crippen LogP contribution in [0.5, 0.6) is 5.75 Å². The van der Waals surface area contributed by atoms with Crippen molar-refractivity contribution in [3.63, 3.8) is 0 Å². The van der Waals surface area contributed by atoms with Crippen LogP contribution in [0.15, 0.2) is 48.7 Å². The zero-order valence-electron chi connectivity index (χ0n) is 10.5. The number of phenols is 1. The zero-order chi connectivity index (χ0) is 13.2. The molecule has 0 saturated heterocycles. The molecule has 3 aromatic rings. The van der Waals surface area contributed by atoms with E-state index in [1.165, 1.54) is 0 Å². The molecule has 0 aliphatic carbocycles. The van der Waals surface area contributed by atoms with Crippen molar-refractivity contribution in [3.8, 4) is 5.75 Å². The van der Waals surface area contributed by atoms with Crippen molar-refractivity contribution in [3.05, 3.63) is 54.2 Å². The summed E-state index contributed by atoms with van der Waals surface area (Å²) < 4.78 is 0. The van der Waals surface area contributed by atoms with Crippen LogP contribution in [0.2, 0.25) is 0 Å². The molecule has 0 aliphatic rings. The van der Waals surface area contributed by atoms with Gasteiger partial charge < -0.3 is 10.4 Å². The number of nitrogens with zero attached hydrogens (tertiary/aromatic N) is 2. The van der Waals surface area contributed by atoms with E-state index in [1.54, 1.807) is 18.3 Å². The highest BCUT2D eigenvalue weighted by atomic mass is 16.3. The summed E-state index contributed by atoms with van der Waals surface area (Å²) >= 11 is 0. The minimum atomic E-state index is 0.233. The first-order valence-corrected chi connectivity index (χ1v) is 6.00. The van der Waals surface area contributed by atoms with E-state index in [0.717, 1.165) is 22.3 Å². The quantitative estimate of drug-likeness (QED) is 0.733. The van der Waals surface area contributed by atoms with Gasteiger partial charge in [-0.05, 0) is 36.8 Å². The van der Waals surface area contributed by atoms with E-state index in [-0.39, 0.29) is 5.75 Å². The number of para-hydroxylation sites is 2. The summed E-state index contributed by atoms with van der Waals surface area (Å²) in [6, 6.07) is 13.0. The molecule has 1 aromatic heterocycles. The highest BCUT2D eigenvalue weighted by Crippen LogP contribution is 2.22. The Labute approximate surface area is 110 Å². The van der Waals surface area contributed by atoms with E-state index < -0.39 is 0 Å². The zero-order valence-corrected chi connectivity index (χ0v) is 10.5. The number of phenolic OH excluding ortho intramolecular Hbond substituents is 1. The van der Waals surface area contributed by atoms with Crippen molar-refractivity contribution in [2.75, 3.05) is 5.32 Å². The van der Waals surface area contributed by atoms with E-state index in [2.05, 4.69) is 15.3 Å². The molecule has 2 aromatic carbocycles. The van der Waals surface area contributed by atoms with Gasteiger partial charge in [0.25, 0.3) is 0 Å². The Morgan fingerprint density at radius 3 is 2.63 bits per heavy atom. The van der Waals surface area contributed by atoms with Crippen LogP contribution in [0.1, 0.15) is 5.56 Å². The fraction of sp³-hybridized carbons (Fsp3) is 0.0667. The second kappa shape index (κ2) is 4.57. The van der Waals surface area contributed by atoms with Crippen LogP contribution in [-0.4, -0.2) is 15.1 Å². The molecule has 4 heteroatoms. The molecular formula is C15H13N3O. The van der Waals surface area contributed by atoms with Gasteiger partial charge in [0.2, 0.25) is 0 Å². The fourth-order valence-electron chi connectivity index (χ4n) is 2.00. The lowest BCUT2D eigenvalue weighted by Crippen LogP contribution is -1.95. The number of rotatable bonds is 2. The van der Waals surface area contributed by atoms with Crippen LogP contribution >= 0.6 is 0 Å². The number of aromatic hydroxyl groups is 1. The molecule has 0 fully saturated rings. The predicted molar refractivity (Wildman–Crippen MR) is 75.7 cm³/mol. The molecule has 3 rings (SSSR count). The van der Waals surface area contributed by atoms with Crippen LogP contribution in [0.3, 0.4) is 0 Å². The molecule has 94 valence electrons. The average molecular weight is 251 g/mol. The van der Waals surface area contributed by atoms with Crippen LogP contribution in [0, 0.1) is 6.92 Å². The first-order valence-electron chi connectivity index (χ1n) is 6.00. The topological polar surface area (TPSA) is 58.0 Å². The van der Waals surface area contributed by atoms with Gasteiger partial charge in [-0.1, -0.05) is 12.1 Å². The third kappa shape index (κ3) is 2.47. The lowest BCUT2D eigenvalue weighted by molar-refractivity contribution is 0.475. The molecule has 0 amide bonds. The maximum Gasteiger partial charge on any atom is 0.149 e. The second-order valence-electron chi connectivity index (χ2n) is 4.43. The number of fused-ring (bicyclic) bond motifs is 1. The molecule has 2 N–H and O–H groups in total. The monoisotopic (exact) mass is 251 g/mol. The molecular weight excluding hydrogens is 238 g/mol. The van der Waals surface area contributed by atoms with Gasteiger partial charge in [0.1, 0.15) is 11.6 Å². The molecule has 0 bridgehead atoms. The Kier molecular flexibility index (Phi) is 2.76. The van der Waals surface area contributed by atoms with E-state index in [1.807, 2.05) is 37.3 Å². The Balaban J connectivity index is 1.96. The third-order valence-electron chi connectivity index (χ3n) is 2.78. The van der Waals surface area contributed by atoms with Crippen molar-refractivity contribution in [1.29, 1.82) is 0 Å². The van der Waals surface area contributed by atoms with Crippen LogP contribution in [-0.2, 0) is 0 Å². The number of hydrogen-bond acceptors (Lipinski definition) is 4. The number of nitrogens with one attached hydrogen (secondary N) is 1. The summed E-state index contributed by atoms with van der Waals surface area (Å²) in [6.45, 7) is 1.93. The molecule has 0 radical (unpaired) electrons. The molecule has 1 heterocycles. The van der Waals surface area contributed by atoms with Gasteiger partial charge in [-0.3, -0.25) is 4.98 Å². The van der Waals surface area contributed by atoms with Crippen molar-refractivity contribution in [2.24, 2.45) is 0 Å². The Bertz CT molecular complexity index is 720. The Morgan fingerprint density at radius 2 is 1.84 bits per heavy atom. The van der Waals surface area contributed by atoms with Crippen molar-refractivity contribution < 1.29 is 5.11 Å². The van der Waals surface area contributed by atoms with Crippen LogP contribution in [0.4, 0.5) is 11.5 Å². The minimum absolute atomic E-state index is 0.233. The summed E-state index contributed by atoms with van der Waals surface area (Å²) in [5.74, 6) is 0.889. The third-order valence-corrected chi connectivity index (χ3v) is 2.78. The number of benzene rings is 2. The molecule has 0 spiro atoms. The minimum Gasteiger partial charge on any atom is -0.508 e. The molecule has 0 unspecified atom stereocenters. The summed E-state index contributed by atoms with van der Waals surface area (Å²) in [6.07, 6.45) is 1.68. The lowest BCUT2D eigenvalue weighted by Gasteiger charge is -2.07. The van der Waals surface area contributed by atoms with Gasteiger partial charge >= 0.3 is 0 Å². The first kappa shape index (κ1) is 11.5. The standard InChI is InChI=1S/C15H13N3O/c1-10-6-11(8-12(19)7-10)17-15-9-16-13-4-2-3-5-14(13)18-15/h2-9,19H,1H3,(H,17,18). The smallest absolute Gasteiger partial charge is 0.149 e. The van der Waals surface area contributed by atoms with Crippen molar-refractivity contribution >= 4 is 22.5 Å². The highest BCUT2D eigenvalue weighted by molar-refractivity contribution is 5.76. The van der Waals surface area contributed by atoms with Gasteiger partial charge in [-0.25, -0.2) is 4.98 Å². The summed E-state index contributed by atoms with van der Waals surface area (Å²) in [7, 11) is 0. The van der Waals surface area contributed by atoms with Gasteiger partial charge in [-0.15, -0.1) is 0 Å². The largest absolute Gasteiger partial charge is 0.508 e. The number of anilines is 2. The van der Waals surface area contributed by atoms with Crippen molar-refractivity contribution in [2.45, 2.75) is 6.92 Å². The van der Waals surface area contributed by atoms with Gasteiger partial charge in [0.15, 0.2) is 0 Å². The molecule has 0 saturated carbocycles. The summed E-state index contributed by atoms with van der Waals surface area (Å²) in [4.78, 5) is 8.81. The fourth-order valence-corrected chi connectivity index (χ4v) is 2.00. The number of aromatic nitrogens is 2. The molecule has 19 heavy (non-hydrogen) atoms. The molecule has 4 nitrogen and oxygen atoms in total. The first-order chi connectivity index (χ1) is 9.20. The normalized spacial score (nSPS) is 10.6. The van der Waals surface area contributed by atoms with Gasteiger partial charge in [0.05, 0.1) is 17.2 Å². The van der Waals surface area contributed by atoms with Crippen molar-refractivity contribution in [1.82, 2.24) is 9.97 Å². The Hall–Kier alpha value is -2.62. The summed E-state index contributed by atoms with van der Waals surface area (Å²) in [5.41, 5.74) is 3.47. The van der Waals surface area contributed by atoms with E-state index in [9.17, 15) is 5.11 Å². The van der Waals surface area contributed by atoms with Gasteiger partial charge in [0, 0.05) is 11.8 Å².